The molecule has 0 bridgehead atoms. The summed E-state index contributed by atoms with van der Waals surface area (Å²) in [5.41, 5.74) is 6.74. The van der Waals surface area contributed by atoms with Crippen LogP contribution >= 0.6 is 0 Å². The van der Waals surface area contributed by atoms with Crippen LogP contribution in [0.2, 0.25) is 0 Å². The van der Waals surface area contributed by atoms with E-state index in [-0.39, 0.29) is 12.3 Å². The molecule has 0 spiro atoms. The van der Waals surface area contributed by atoms with Crippen molar-refractivity contribution < 1.29 is 14.9 Å². The number of aliphatic hydroxyl groups excluding tert-OH is 1. The molecular formula is C11H17NO3. The molecule has 1 aromatic rings. The first kappa shape index (κ1) is 11.8. The second-order valence-electron chi connectivity index (χ2n) is 3.29. The van der Waals surface area contributed by atoms with Crippen molar-refractivity contribution in [2.24, 2.45) is 5.73 Å². The molecule has 15 heavy (non-hydrogen) atoms. The number of ether oxygens (including phenoxy) is 1. The minimum atomic E-state index is -0.852. The van der Waals surface area contributed by atoms with Crippen LogP contribution in [-0.4, -0.2) is 23.9 Å². The van der Waals surface area contributed by atoms with Gasteiger partial charge in [0.2, 0.25) is 0 Å². The zero-order valence-corrected chi connectivity index (χ0v) is 9.03. The second kappa shape index (κ2) is 5.00. The van der Waals surface area contributed by atoms with E-state index in [1.807, 2.05) is 13.0 Å². The summed E-state index contributed by atoms with van der Waals surface area (Å²) in [4.78, 5) is 0. The molecule has 0 amide bonds. The molecule has 0 aliphatic carbocycles. The smallest absolute Gasteiger partial charge is 0.163 e. The first-order valence-corrected chi connectivity index (χ1v) is 4.92. The number of aliphatic hydroxyl groups is 1. The topological polar surface area (TPSA) is 75.7 Å². The molecule has 4 heteroatoms. The summed E-state index contributed by atoms with van der Waals surface area (Å²) in [6.07, 6.45) is -0.126. The standard InChI is InChI=1S/C11H17NO3/c1-3-7-4-5-9(15-2)11(14)10(7)8(13)6-12/h4-5,8,13-14H,3,6,12H2,1-2H3. The fraction of sp³-hybridized carbons (Fsp3) is 0.455. The SMILES string of the molecule is CCc1ccc(OC)c(O)c1C(O)CN. The molecule has 0 fully saturated rings. The summed E-state index contributed by atoms with van der Waals surface area (Å²) in [5, 5.41) is 19.6. The van der Waals surface area contributed by atoms with E-state index in [0.29, 0.717) is 11.3 Å². The molecule has 0 saturated carbocycles. The van der Waals surface area contributed by atoms with Crippen molar-refractivity contribution in [1.82, 2.24) is 0 Å². The minimum Gasteiger partial charge on any atom is -0.504 e. The van der Waals surface area contributed by atoms with Gasteiger partial charge in [0, 0.05) is 12.1 Å². The average Bonchev–Trinajstić information content (AvgIpc) is 2.27. The van der Waals surface area contributed by atoms with Crippen LogP contribution in [0.15, 0.2) is 12.1 Å². The van der Waals surface area contributed by atoms with E-state index in [1.165, 1.54) is 7.11 Å². The van der Waals surface area contributed by atoms with Gasteiger partial charge in [-0.1, -0.05) is 13.0 Å². The number of hydrogen-bond donors (Lipinski definition) is 3. The van der Waals surface area contributed by atoms with Gasteiger partial charge in [0.25, 0.3) is 0 Å². The van der Waals surface area contributed by atoms with Gasteiger partial charge in [-0.3, -0.25) is 0 Å². The van der Waals surface area contributed by atoms with Crippen molar-refractivity contribution in [2.75, 3.05) is 13.7 Å². The van der Waals surface area contributed by atoms with Crippen molar-refractivity contribution in [3.05, 3.63) is 23.3 Å². The third kappa shape index (κ3) is 2.22. The van der Waals surface area contributed by atoms with Crippen LogP contribution in [0, 0.1) is 0 Å². The number of aromatic hydroxyl groups is 1. The lowest BCUT2D eigenvalue weighted by molar-refractivity contribution is 0.180. The maximum Gasteiger partial charge on any atom is 0.163 e. The van der Waals surface area contributed by atoms with Crippen LogP contribution in [0.3, 0.4) is 0 Å². The maximum atomic E-state index is 9.86. The Bertz CT molecular complexity index is 339. The summed E-state index contributed by atoms with van der Waals surface area (Å²) in [6.45, 7) is 2.03. The molecule has 1 unspecified atom stereocenters. The van der Waals surface area contributed by atoms with E-state index >= 15 is 0 Å². The van der Waals surface area contributed by atoms with Gasteiger partial charge in [-0.15, -0.1) is 0 Å². The number of phenolic OH excluding ortho intramolecular Hbond substituents is 1. The summed E-state index contributed by atoms with van der Waals surface area (Å²) < 4.78 is 4.98. The normalized spacial score (nSPS) is 12.5. The number of phenols is 1. The molecule has 0 radical (unpaired) electrons. The molecule has 0 aromatic heterocycles. The fourth-order valence-electron chi connectivity index (χ4n) is 1.59. The monoisotopic (exact) mass is 211 g/mol. The van der Waals surface area contributed by atoms with Gasteiger partial charge in [0.15, 0.2) is 11.5 Å². The van der Waals surface area contributed by atoms with Gasteiger partial charge in [0.1, 0.15) is 0 Å². The Balaban J connectivity index is 3.29. The Hall–Kier alpha value is -1.26. The molecule has 0 saturated heterocycles. The molecule has 4 nitrogen and oxygen atoms in total. The molecule has 0 aliphatic rings. The number of nitrogens with two attached hydrogens (primary N) is 1. The Kier molecular flexibility index (Phi) is 3.94. The Morgan fingerprint density at radius 3 is 2.60 bits per heavy atom. The van der Waals surface area contributed by atoms with E-state index in [2.05, 4.69) is 0 Å². The zero-order valence-electron chi connectivity index (χ0n) is 9.03. The molecule has 0 aliphatic heterocycles. The molecule has 1 aromatic carbocycles. The van der Waals surface area contributed by atoms with Crippen LogP contribution in [0.4, 0.5) is 0 Å². The highest BCUT2D eigenvalue weighted by Gasteiger charge is 2.18. The summed E-state index contributed by atoms with van der Waals surface area (Å²) in [6, 6.07) is 3.51. The number of benzene rings is 1. The Morgan fingerprint density at radius 2 is 2.13 bits per heavy atom. The van der Waals surface area contributed by atoms with Crippen LogP contribution in [0.25, 0.3) is 0 Å². The molecular weight excluding hydrogens is 194 g/mol. The lowest BCUT2D eigenvalue weighted by atomic mass is 9.98. The van der Waals surface area contributed by atoms with Gasteiger partial charge < -0.3 is 20.7 Å². The van der Waals surface area contributed by atoms with Crippen molar-refractivity contribution in [3.63, 3.8) is 0 Å². The van der Waals surface area contributed by atoms with E-state index in [1.54, 1.807) is 6.07 Å². The highest BCUT2D eigenvalue weighted by molar-refractivity contribution is 5.51. The van der Waals surface area contributed by atoms with Gasteiger partial charge in [-0.2, -0.15) is 0 Å². The first-order chi connectivity index (χ1) is 7.15. The second-order valence-corrected chi connectivity index (χ2v) is 3.29. The van der Waals surface area contributed by atoms with E-state index in [4.69, 9.17) is 10.5 Å². The number of hydrogen-bond acceptors (Lipinski definition) is 4. The largest absolute Gasteiger partial charge is 0.504 e. The molecule has 84 valence electrons. The Labute approximate surface area is 89.3 Å². The highest BCUT2D eigenvalue weighted by atomic mass is 16.5. The third-order valence-corrected chi connectivity index (χ3v) is 2.43. The van der Waals surface area contributed by atoms with E-state index in [0.717, 1.165) is 12.0 Å². The fourth-order valence-corrected chi connectivity index (χ4v) is 1.59. The molecule has 1 rings (SSSR count). The first-order valence-electron chi connectivity index (χ1n) is 4.92. The Morgan fingerprint density at radius 1 is 1.47 bits per heavy atom. The highest BCUT2D eigenvalue weighted by Crippen LogP contribution is 2.36. The van der Waals surface area contributed by atoms with E-state index < -0.39 is 6.10 Å². The predicted molar refractivity (Wildman–Crippen MR) is 58.1 cm³/mol. The summed E-state index contributed by atoms with van der Waals surface area (Å²) >= 11 is 0. The molecule has 1 atom stereocenters. The zero-order chi connectivity index (χ0) is 11.4. The van der Waals surface area contributed by atoms with Crippen LogP contribution in [-0.2, 0) is 6.42 Å². The van der Waals surface area contributed by atoms with Gasteiger partial charge in [-0.25, -0.2) is 0 Å². The van der Waals surface area contributed by atoms with Crippen LogP contribution in [0.1, 0.15) is 24.2 Å². The van der Waals surface area contributed by atoms with E-state index in [9.17, 15) is 10.2 Å². The summed E-state index contributed by atoms with van der Waals surface area (Å²) in [5.74, 6) is 0.338. The lowest BCUT2D eigenvalue weighted by Gasteiger charge is -2.16. The van der Waals surface area contributed by atoms with Crippen molar-refractivity contribution in [1.29, 1.82) is 0 Å². The van der Waals surface area contributed by atoms with Gasteiger partial charge in [-0.05, 0) is 18.1 Å². The van der Waals surface area contributed by atoms with Gasteiger partial charge in [0.05, 0.1) is 13.2 Å². The van der Waals surface area contributed by atoms with Crippen molar-refractivity contribution in [3.8, 4) is 11.5 Å². The van der Waals surface area contributed by atoms with Crippen LogP contribution < -0.4 is 10.5 Å². The van der Waals surface area contributed by atoms with Crippen LogP contribution in [0.5, 0.6) is 11.5 Å². The minimum absolute atomic E-state index is 0.0187. The lowest BCUT2D eigenvalue weighted by Crippen LogP contribution is -2.13. The quantitative estimate of drug-likeness (QED) is 0.693. The van der Waals surface area contributed by atoms with Crippen molar-refractivity contribution >= 4 is 0 Å². The molecule has 4 N–H and O–H groups in total. The predicted octanol–water partition coefficient (Wildman–Crippen LogP) is 0.955. The number of methoxy groups -OCH3 is 1. The third-order valence-electron chi connectivity index (χ3n) is 2.43. The van der Waals surface area contributed by atoms with Gasteiger partial charge >= 0.3 is 0 Å². The maximum absolute atomic E-state index is 9.86. The number of aryl methyl sites for hydroxylation is 1. The molecule has 0 heterocycles. The van der Waals surface area contributed by atoms with Crippen molar-refractivity contribution in [2.45, 2.75) is 19.4 Å². The number of rotatable bonds is 4. The average molecular weight is 211 g/mol. The summed E-state index contributed by atoms with van der Waals surface area (Å²) in [7, 11) is 1.47.